The number of benzene rings is 2. The normalized spacial score (nSPS) is 12.0. The molecule has 1 amide bonds. The molecule has 24 heavy (non-hydrogen) atoms. The van der Waals surface area contributed by atoms with Crippen molar-refractivity contribution in [3.8, 4) is 5.75 Å². The minimum absolute atomic E-state index is 0.0592. The van der Waals surface area contributed by atoms with Gasteiger partial charge >= 0.3 is 0 Å². The third-order valence-corrected chi connectivity index (χ3v) is 4.25. The number of methoxy groups -OCH3 is 1. The Kier molecular flexibility index (Phi) is 6.38. The summed E-state index contributed by atoms with van der Waals surface area (Å²) in [5.41, 5.74) is 2.27. The molecule has 0 aliphatic heterocycles. The van der Waals surface area contributed by atoms with Crippen molar-refractivity contribution in [1.29, 1.82) is 0 Å². The molecule has 4 nitrogen and oxygen atoms in total. The van der Waals surface area contributed by atoms with E-state index in [1.165, 1.54) is 0 Å². The molecule has 1 unspecified atom stereocenters. The summed E-state index contributed by atoms with van der Waals surface area (Å²) in [4.78, 5) is 16.4. The molecule has 0 saturated heterocycles. The van der Waals surface area contributed by atoms with Gasteiger partial charge in [-0.2, -0.15) is 0 Å². The zero-order valence-corrected chi connectivity index (χ0v) is 14.9. The molecule has 0 aromatic heterocycles. The predicted octanol–water partition coefficient (Wildman–Crippen LogP) is 3.35. The number of ether oxygens (including phenoxy) is 1. The number of hydrogen-bond acceptors (Lipinski definition) is 3. The number of hydrogen-bond donors (Lipinski definition) is 0. The summed E-state index contributed by atoms with van der Waals surface area (Å²) in [6, 6.07) is 18.1. The molecule has 0 aliphatic carbocycles. The van der Waals surface area contributed by atoms with Crippen molar-refractivity contribution in [2.75, 3.05) is 27.7 Å². The maximum absolute atomic E-state index is 12.5. The SMILES string of the molecule is COc1cccc(CN(C)CC(=O)N(C)C(C)c2ccccc2)c1. The van der Waals surface area contributed by atoms with Crippen LogP contribution >= 0.6 is 0 Å². The first kappa shape index (κ1) is 18.0. The third kappa shape index (κ3) is 4.83. The standard InChI is InChI=1S/C20H26N2O2/c1-16(18-10-6-5-7-11-18)22(3)20(23)15-21(2)14-17-9-8-12-19(13-17)24-4/h5-13,16H,14-15H2,1-4H3. The molecule has 2 rings (SSSR count). The second-order valence-electron chi connectivity index (χ2n) is 6.12. The summed E-state index contributed by atoms with van der Waals surface area (Å²) in [5.74, 6) is 0.943. The third-order valence-electron chi connectivity index (χ3n) is 4.25. The Morgan fingerprint density at radius 1 is 1.08 bits per heavy atom. The lowest BCUT2D eigenvalue weighted by atomic mass is 10.1. The van der Waals surface area contributed by atoms with Crippen molar-refractivity contribution in [2.45, 2.75) is 19.5 Å². The van der Waals surface area contributed by atoms with Crippen molar-refractivity contribution in [3.05, 3.63) is 65.7 Å². The van der Waals surface area contributed by atoms with Gasteiger partial charge in [-0.15, -0.1) is 0 Å². The molecule has 0 N–H and O–H groups in total. The molecular formula is C20H26N2O2. The van der Waals surface area contributed by atoms with Gasteiger partial charge in [0.15, 0.2) is 0 Å². The molecule has 0 fully saturated rings. The van der Waals surface area contributed by atoms with Crippen LogP contribution in [0, 0.1) is 0 Å². The summed E-state index contributed by atoms with van der Waals surface area (Å²) in [6.45, 7) is 3.14. The molecule has 2 aromatic rings. The van der Waals surface area contributed by atoms with Crippen molar-refractivity contribution in [3.63, 3.8) is 0 Å². The molecule has 4 heteroatoms. The molecule has 1 atom stereocenters. The summed E-state index contributed by atoms with van der Waals surface area (Å²) in [6.07, 6.45) is 0. The van der Waals surface area contributed by atoms with Crippen LogP contribution in [0.1, 0.15) is 24.1 Å². The van der Waals surface area contributed by atoms with Crippen LogP contribution in [0.3, 0.4) is 0 Å². The average Bonchev–Trinajstić information content (AvgIpc) is 2.61. The van der Waals surface area contributed by atoms with Crippen molar-refractivity contribution >= 4 is 5.91 Å². The van der Waals surface area contributed by atoms with Crippen LogP contribution in [0.5, 0.6) is 5.75 Å². The lowest BCUT2D eigenvalue weighted by Crippen LogP contribution is -2.37. The van der Waals surface area contributed by atoms with E-state index in [4.69, 9.17) is 4.74 Å². The minimum Gasteiger partial charge on any atom is -0.497 e. The Hall–Kier alpha value is -2.33. The second kappa shape index (κ2) is 8.50. The van der Waals surface area contributed by atoms with Crippen LogP contribution in [0.2, 0.25) is 0 Å². The highest BCUT2D eigenvalue weighted by Crippen LogP contribution is 2.19. The van der Waals surface area contributed by atoms with E-state index in [0.717, 1.165) is 16.9 Å². The molecule has 0 saturated carbocycles. The molecule has 0 spiro atoms. The van der Waals surface area contributed by atoms with Gasteiger partial charge in [-0.1, -0.05) is 42.5 Å². The lowest BCUT2D eigenvalue weighted by molar-refractivity contribution is -0.132. The first-order valence-corrected chi connectivity index (χ1v) is 8.13. The Balaban J connectivity index is 1.93. The predicted molar refractivity (Wildman–Crippen MR) is 97.0 cm³/mol. The Labute approximate surface area is 144 Å². The van der Waals surface area contributed by atoms with E-state index in [2.05, 4.69) is 19.1 Å². The van der Waals surface area contributed by atoms with Gasteiger partial charge in [0.2, 0.25) is 5.91 Å². The molecule has 0 aliphatic rings. The van der Waals surface area contributed by atoms with Gasteiger partial charge in [-0.25, -0.2) is 0 Å². The Morgan fingerprint density at radius 3 is 2.46 bits per heavy atom. The summed E-state index contributed by atoms with van der Waals surface area (Å²) >= 11 is 0. The van der Waals surface area contributed by atoms with Crippen molar-refractivity contribution < 1.29 is 9.53 Å². The quantitative estimate of drug-likeness (QED) is 0.782. The molecule has 0 heterocycles. The monoisotopic (exact) mass is 326 g/mol. The van der Waals surface area contributed by atoms with E-state index in [-0.39, 0.29) is 11.9 Å². The fraction of sp³-hybridized carbons (Fsp3) is 0.350. The largest absolute Gasteiger partial charge is 0.497 e. The molecule has 2 aromatic carbocycles. The van der Waals surface area contributed by atoms with E-state index in [1.54, 1.807) is 12.0 Å². The van der Waals surface area contributed by atoms with Crippen LogP contribution in [0.25, 0.3) is 0 Å². The summed E-state index contributed by atoms with van der Waals surface area (Å²) in [5, 5.41) is 0. The van der Waals surface area contributed by atoms with Crippen LogP contribution in [-0.2, 0) is 11.3 Å². The fourth-order valence-corrected chi connectivity index (χ4v) is 2.65. The topological polar surface area (TPSA) is 32.8 Å². The van der Waals surface area contributed by atoms with Crippen LogP contribution in [-0.4, -0.2) is 43.5 Å². The molecular weight excluding hydrogens is 300 g/mol. The number of nitrogens with zero attached hydrogens (tertiary/aromatic N) is 2. The van der Waals surface area contributed by atoms with E-state index >= 15 is 0 Å². The number of carbonyl (C=O) groups excluding carboxylic acids is 1. The second-order valence-corrected chi connectivity index (χ2v) is 6.12. The van der Waals surface area contributed by atoms with Gasteiger partial charge in [0.05, 0.1) is 19.7 Å². The first-order valence-electron chi connectivity index (χ1n) is 8.13. The highest BCUT2D eigenvalue weighted by Gasteiger charge is 2.18. The minimum atomic E-state index is 0.0592. The summed E-state index contributed by atoms with van der Waals surface area (Å²) < 4.78 is 5.24. The van der Waals surface area contributed by atoms with Gasteiger partial charge in [0, 0.05) is 13.6 Å². The van der Waals surface area contributed by atoms with E-state index in [0.29, 0.717) is 13.1 Å². The fourth-order valence-electron chi connectivity index (χ4n) is 2.65. The molecule has 0 bridgehead atoms. The van der Waals surface area contributed by atoms with Gasteiger partial charge in [-0.05, 0) is 37.2 Å². The van der Waals surface area contributed by atoms with Gasteiger partial charge < -0.3 is 9.64 Å². The average molecular weight is 326 g/mol. The zero-order chi connectivity index (χ0) is 17.5. The highest BCUT2D eigenvalue weighted by atomic mass is 16.5. The Morgan fingerprint density at radius 2 is 1.79 bits per heavy atom. The Bertz CT molecular complexity index is 658. The van der Waals surface area contributed by atoms with Crippen molar-refractivity contribution in [1.82, 2.24) is 9.80 Å². The zero-order valence-electron chi connectivity index (χ0n) is 14.9. The molecule has 0 radical (unpaired) electrons. The van der Waals surface area contributed by atoms with Crippen LogP contribution in [0.15, 0.2) is 54.6 Å². The highest BCUT2D eigenvalue weighted by molar-refractivity contribution is 5.78. The van der Waals surface area contributed by atoms with Gasteiger partial charge in [0.1, 0.15) is 5.75 Å². The van der Waals surface area contributed by atoms with E-state index in [9.17, 15) is 4.79 Å². The van der Waals surface area contributed by atoms with E-state index in [1.807, 2.05) is 61.5 Å². The van der Waals surface area contributed by atoms with Crippen molar-refractivity contribution in [2.24, 2.45) is 0 Å². The van der Waals surface area contributed by atoms with Gasteiger partial charge in [0.25, 0.3) is 0 Å². The number of carbonyl (C=O) groups is 1. The number of amides is 1. The lowest BCUT2D eigenvalue weighted by Gasteiger charge is -2.27. The van der Waals surface area contributed by atoms with E-state index < -0.39 is 0 Å². The first-order chi connectivity index (χ1) is 11.5. The summed E-state index contributed by atoms with van der Waals surface area (Å²) in [7, 11) is 5.48. The molecule has 128 valence electrons. The van der Waals surface area contributed by atoms with Crippen LogP contribution < -0.4 is 4.74 Å². The maximum atomic E-state index is 12.5. The maximum Gasteiger partial charge on any atom is 0.236 e. The van der Waals surface area contributed by atoms with Gasteiger partial charge in [-0.3, -0.25) is 9.69 Å². The number of likely N-dealkylation sites (N-methyl/N-ethyl adjacent to an activating group) is 2. The van der Waals surface area contributed by atoms with Crippen LogP contribution in [0.4, 0.5) is 0 Å². The number of rotatable bonds is 7. The smallest absolute Gasteiger partial charge is 0.236 e.